The molecule has 4 rings (SSSR count). The van der Waals surface area contributed by atoms with Crippen LogP contribution in [0.15, 0.2) is 61.3 Å². The highest BCUT2D eigenvalue weighted by Gasteiger charge is 2.35. The highest BCUT2D eigenvalue weighted by Crippen LogP contribution is 2.32. The van der Waals surface area contributed by atoms with E-state index in [1.54, 1.807) is 23.4 Å². The second kappa shape index (κ2) is 10.2. The van der Waals surface area contributed by atoms with Gasteiger partial charge in [-0.05, 0) is 42.0 Å². The zero-order valence-electron chi connectivity index (χ0n) is 20.1. The van der Waals surface area contributed by atoms with Crippen molar-refractivity contribution in [1.82, 2.24) is 20.3 Å². The number of carbonyl (C=O) groups excluding carboxylic acids is 2. The van der Waals surface area contributed by atoms with Crippen LogP contribution in [0.4, 0.5) is 5.69 Å². The molecular formula is C27H33N5O2. The van der Waals surface area contributed by atoms with E-state index in [9.17, 15) is 9.59 Å². The van der Waals surface area contributed by atoms with E-state index in [1.165, 1.54) is 18.9 Å². The van der Waals surface area contributed by atoms with Crippen LogP contribution in [0.3, 0.4) is 0 Å². The molecule has 0 aliphatic heterocycles. The maximum atomic E-state index is 13.8. The highest BCUT2D eigenvalue weighted by atomic mass is 16.2. The minimum Gasteiger partial charge on any atom is -0.351 e. The fourth-order valence-corrected chi connectivity index (χ4v) is 4.49. The van der Waals surface area contributed by atoms with Crippen LogP contribution >= 0.6 is 0 Å². The Hall–Kier alpha value is -3.48. The third-order valence-electron chi connectivity index (χ3n) is 6.42. The average Bonchev–Trinajstić information content (AvgIpc) is 3.38. The van der Waals surface area contributed by atoms with Gasteiger partial charge in [0, 0.05) is 29.7 Å². The Morgan fingerprint density at radius 1 is 1.03 bits per heavy atom. The van der Waals surface area contributed by atoms with Crippen molar-refractivity contribution in [2.45, 2.75) is 70.4 Å². The van der Waals surface area contributed by atoms with E-state index in [0.29, 0.717) is 16.9 Å². The molecule has 1 aliphatic rings. The van der Waals surface area contributed by atoms with Crippen molar-refractivity contribution in [3.8, 4) is 0 Å². The van der Waals surface area contributed by atoms with Gasteiger partial charge >= 0.3 is 0 Å². The first-order valence-corrected chi connectivity index (χ1v) is 12.0. The molecular weight excluding hydrogens is 426 g/mol. The lowest BCUT2D eigenvalue weighted by Crippen LogP contribution is -2.47. The number of benzene rings is 1. The summed E-state index contributed by atoms with van der Waals surface area (Å²) < 4.78 is 0. The summed E-state index contributed by atoms with van der Waals surface area (Å²) in [7, 11) is 0. The Labute approximate surface area is 201 Å². The molecule has 2 N–H and O–H groups in total. The molecule has 178 valence electrons. The van der Waals surface area contributed by atoms with Gasteiger partial charge in [0.2, 0.25) is 5.91 Å². The first-order valence-electron chi connectivity index (χ1n) is 12.0. The minimum absolute atomic E-state index is 0.0299. The third kappa shape index (κ3) is 5.35. The number of rotatable bonds is 6. The van der Waals surface area contributed by atoms with Crippen LogP contribution in [0.5, 0.6) is 0 Å². The van der Waals surface area contributed by atoms with E-state index in [4.69, 9.17) is 0 Å². The van der Waals surface area contributed by atoms with E-state index in [-0.39, 0.29) is 23.3 Å². The number of carbonyl (C=O) groups is 2. The quantitative estimate of drug-likeness (QED) is 0.546. The van der Waals surface area contributed by atoms with Crippen LogP contribution in [0.1, 0.15) is 80.5 Å². The second-order valence-electron chi connectivity index (χ2n) is 9.97. The predicted octanol–water partition coefficient (Wildman–Crippen LogP) is 4.94. The van der Waals surface area contributed by atoms with E-state index >= 15 is 0 Å². The molecule has 2 amide bonds. The molecule has 0 radical (unpaired) electrons. The van der Waals surface area contributed by atoms with Crippen molar-refractivity contribution in [3.63, 3.8) is 0 Å². The molecule has 1 saturated carbocycles. The zero-order valence-corrected chi connectivity index (χ0v) is 20.1. The molecule has 2 heterocycles. The van der Waals surface area contributed by atoms with Gasteiger partial charge in [-0.3, -0.25) is 19.5 Å². The number of aromatic amines is 1. The first-order chi connectivity index (χ1) is 16.3. The Bertz CT molecular complexity index is 1080. The van der Waals surface area contributed by atoms with Gasteiger partial charge < -0.3 is 10.3 Å². The standard InChI is InChI=1S/C27H33N5O2/c1-27(2,3)20-11-13-22(14-12-20)32(26(34)23-17-29-18-30-23)24(19-8-7-15-28-16-19)25(33)31-21-9-5-4-6-10-21/h7-8,11-18,21,24H,4-6,9-10H2,1-3H3,(H,29,30)(H,31,33)/t24-/m0/s1. The summed E-state index contributed by atoms with van der Waals surface area (Å²) >= 11 is 0. The van der Waals surface area contributed by atoms with Crippen LogP contribution in [0.2, 0.25) is 0 Å². The maximum absolute atomic E-state index is 13.8. The Balaban J connectivity index is 1.77. The van der Waals surface area contributed by atoms with E-state index < -0.39 is 6.04 Å². The average molecular weight is 460 g/mol. The largest absolute Gasteiger partial charge is 0.351 e. The number of amides is 2. The van der Waals surface area contributed by atoms with Crippen LogP contribution in [-0.2, 0) is 10.2 Å². The molecule has 0 unspecified atom stereocenters. The number of anilines is 1. The van der Waals surface area contributed by atoms with Gasteiger partial charge in [0.05, 0.1) is 12.5 Å². The normalized spacial score (nSPS) is 15.5. The van der Waals surface area contributed by atoms with Crippen LogP contribution in [0.25, 0.3) is 0 Å². The lowest BCUT2D eigenvalue weighted by atomic mass is 9.87. The molecule has 7 heteroatoms. The van der Waals surface area contributed by atoms with E-state index in [0.717, 1.165) is 31.2 Å². The number of nitrogens with zero attached hydrogens (tertiary/aromatic N) is 3. The van der Waals surface area contributed by atoms with E-state index in [2.05, 4.69) is 41.0 Å². The second-order valence-corrected chi connectivity index (χ2v) is 9.97. The highest BCUT2D eigenvalue weighted by molar-refractivity contribution is 6.09. The Kier molecular flexibility index (Phi) is 7.10. The van der Waals surface area contributed by atoms with Crippen LogP contribution in [-0.4, -0.2) is 32.8 Å². The third-order valence-corrected chi connectivity index (χ3v) is 6.42. The summed E-state index contributed by atoms with van der Waals surface area (Å²) in [5.74, 6) is -0.527. The molecule has 0 spiro atoms. The predicted molar refractivity (Wildman–Crippen MR) is 133 cm³/mol. The monoisotopic (exact) mass is 459 g/mol. The summed E-state index contributed by atoms with van der Waals surface area (Å²) in [4.78, 5) is 40.2. The van der Waals surface area contributed by atoms with Crippen molar-refractivity contribution >= 4 is 17.5 Å². The number of nitrogens with one attached hydrogen (secondary N) is 2. The molecule has 1 aliphatic carbocycles. The van der Waals surface area contributed by atoms with Gasteiger partial charge in [0.1, 0.15) is 11.7 Å². The van der Waals surface area contributed by atoms with Gasteiger partial charge in [-0.15, -0.1) is 0 Å². The summed E-state index contributed by atoms with van der Waals surface area (Å²) in [6, 6.07) is 10.7. The van der Waals surface area contributed by atoms with Gasteiger partial charge in [-0.25, -0.2) is 4.98 Å². The fraction of sp³-hybridized carbons (Fsp3) is 0.407. The number of pyridine rings is 1. The molecule has 3 aromatic rings. The SMILES string of the molecule is CC(C)(C)c1ccc(N(C(=O)c2cnc[nH]2)[C@H](C(=O)NC2CCCCC2)c2cccnc2)cc1. The van der Waals surface area contributed by atoms with Crippen molar-refractivity contribution in [2.24, 2.45) is 0 Å². The van der Waals surface area contributed by atoms with Gasteiger partial charge in [0.15, 0.2) is 0 Å². The molecule has 0 bridgehead atoms. The van der Waals surface area contributed by atoms with Gasteiger partial charge in [0.25, 0.3) is 5.91 Å². The number of imidazole rings is 1. The topological polar surface area (TPSA) is 91.0 Å². The molecule has 7 nitrogen and oxygen atoms in total. The minimum atomic E-state index is -0.869. The molecule has 0 saturated heterocycles. The van der Waals surface area contributed by atoms with Crippen molar-refractivity contribution in [1.29, 1.82) is 0 Å². The van der Waals surface area contributed by atoms with Gasteiger partial charge in [-0.2, -0.15) is 0 Å². The summed E-state index contributed by atoms with van der Waals surface area (Å²) in [5.41, 5.74) is 2.73. The summed E-state index contributed by atoms with van der Waals surface area (Å²) in [6.45, 7) is 6.43. The molecule has 1 fully saturated rings. The van der Waals surface area contributed by atoms with Crippen molar-refractivity contribution < 1.29 is 9.59 Å². The fourth-order valence-electron chi connectivity index (χ4n) is 4.49. The van der Waals surface area contributed by atoms with Crippen molar-refractivity contribution in [2.75, 3.05) is 4.90 Å². The smallest absolute Gasteiger partial charge is 0.277 e. The van der Waals surface area contributed by atoms with E-state index in [1.807, 2.05) is 30.3 Å². The lowest BCUT2D eigenvalue weighted by molar-refractivity contribution is -0.123. The van der Waals surface area contributed by atoms with Crippen molar-refractivity contribution in [3.05, 3.63) is 78.1 Å². The summed E-state index contributed by atoms with van der Waals surface area (Å²) in [6.07, 6.45) is 11.6. The summed E-state index contributed by atoms with van der Waals surface area (Å²) in [5, 5.41) is 3.22. The first kappa shape index (κ1) is 23.7. The Morgan fingerprint density at radius 2 is 1.76 bits per heavy atom. The number of hydrogen-bond donors (Lipinski definition) is 2. The maximum Gasteiger partial charge on any atom is 0.277 e. The van der Waals surface area contributed by atoms with Crippen LogP contribution < -0.4 is 10.2 Å². The Morgan fingerprint density at radius 3 is 2.35 bits per heavy atom. The number of H-pyrrole nitrogens is 1. The van der Waals surface area contributed by atoms with Crippen LogP contribution in [0, 0.1) is 0 Å². The molecule has 1 aromatic carbocycles. The molecule has 2 aromatic heterocycles. The molecule has 34 heavy (non-hydrogen) atoms. The molecule has 1 atom stereocenters. The number of hydrogen-bond acceptors (Lipinski definition) is 4. The van der Waals surface area contributed by atoms with Gasteiger partial charge in [-0.1, -0.05) is 58.2 Å². The lowest BCUT2D eigenvalue weighted by Gasteiger charge is -2.33. The number of aromatic nitrogens is 3. The zero-order chi connectivity index (χ0) is 24.1.